The molecule has 1 saturated heterocycles. The van der Waals surface area contributed by atoms with Crippen LogP contribution in [-0.2, 0) is 9.31 Å². The summed E-state index contributed by atoms with van der Waals surface area (Å²) in [4.78, 5) is 9.14. The summed E-state index contributed by atoms with van der Waals surface area (Å²) in [5, 5.41) is 0. The Morgan fingerprint density at radius 2 is 1.48 bits per heavy atom. The van der Waals surface area contributed by atoms with E-state index in [2.05, 4.69) is 37.7 Å². The molecule has 1 aromatic rings. The molecule has 2 fully saturated rings. The van der Waals surface area contributed by atoms with Gasteiger partial charge in [0.15, 0.2) is 0 Å². The minimum absolute atomic E-state index is 0.320. The molecule has 1 saturated carbocycles. The van der Waals surface area contributed by atoms with Crippen LogP contribution in [0.2, 0.25) is 0 Å². The van der Waals surface area contributed by atoms with Crippen LogP contribution in [0.25, 0.3) is 0 Å². The van der Waals surface area contributed by atoms with Gasteiger partial charge in [-0.3, -0.25) is 0 Å². The first kappa shape index (κ1) is 15.0. The Labute approximate surface area is 127 Å². The van der Waals surface area contributed by atoms with Crippen LogP contribution in [0.15, 0.2) is 12.4 Å². The van der Waals surface area contributed by atoms with E-state index < -0.39 is 0 Å². The number of hydrogen-bond acceptors (Lipinski definition) is 4. The van der Waals surface area contributed by atoms with Crippen LogP contribution in [0.1, 0.15) is 71.5 Å². The van der Waals surface area contributed by atoms with Gasteiger partial charge in [-0.1, -0.05) is 19.3 Å². The van der Waals surface area contributed by atoms with Crippen molar-refractivity contribution in [2.24, 2.45) is 0 Å². The third-order valence-corrected chi connectivity index (χ3v) is 5.19. The fourth-order valence-corrected chi connectivity index (χ4v) is 3.02. The lowest BCUT2D eigenvalue weighted by molar-refractivity contribution is 0.00578. The summed E-state index contributed by atoms with van der Waals surface area (Å²) in [6.45, 7) is 8.24. The molecule has 0 N–H and O–H groups in total. The van der Waals surface area contributed by atoms with E-state index in [1.54, 1.807) is 0 Å². The van der Waals surface area contributed by atoms with Crippen molar-refractivity contribution in [2.45, 2.75) is 76.9 Å². The maximum atomic E-state index is 6.03. The van der Waals surface area contributed by atoms with Crippen molar-refractivity contribution < 1.29 is 9.31 Å². The van der Waals surface area contributed by atoms with Gasteiger partial charge >= 0.3 is 7.12 Å². The molecule has 2 heterocycles. The third kappa shape index (κ3) is 2.86. The van der Waals surface area contributed by atoms with E-state index in [4.69, 9.17) is 9.31 Å². The van der Waals surface area contributed by atoms with Gasteiger partial charge in [-0.05, 0) is 40.5 Å². The van der Waals surface area contributed by atoms with Crippen molar-refractivity contribution in [3.05, 3.63) is 18.2 Å². The van der Waals surface area contributed by atoms with Crippen molar-refractivity contribution in [1.82, 2.24) is 9.97 Å². The Morgan fingerprint density at radius 3 is 2.00 bits per heavy atom. The van der Waals surface area contributed by atoms with Crippen molar-refractivity contribution in [1.29, 1.82) is 0 Å². The summed E-state index contributed by atoms with van der Waals surface area (Å²) in [5.74, 6) is 1.51. The summed E-state index contributed by atoms with van der Waals surface area (Å²) in [6, 6.07) is 0. The molecule has 0 unspecified atom stereocenters. The number of aromatic nitrogens is 2. The maximum absolute atomic E-state index is 6.03. The molecule has 1 aromatic heterocycles. The Bertz CT molecular complexity index is 480. The SMILES string of the molecule is CC1(C)OB(c2cnc(C3CCCCC3)nc2)OC1(C)C. The van der Waals surface area contributed by atoms with Gasteiger partial charge in [0, 0.05) is 23.8 Å². The zero-order valence-electron chi connectivity index (χ0n) is 13.6. The first-order valence-electron chi connectivity index (χ1n) is 8.06. The summed E-state index contributed by atoms with van der Waals surface area (Å²) in [6.07, 6.45) is 10.1. The van der Waals surface area contributed by atoms with Gasteiger partial charge in [-0.2, -0.15) is 0 Å². The second-order valence-corrected chi connectivity index (χ2v) is 7.30. The first-order valence-corrected chi connectivity index (χ1v) is 8.06. The average Bonchev–Trinajstić information content (AvgIpc) is 2.69. The zero-order chi connectivity index (χ0) is 15.1. The van der Waals surface area contributed by atoms with Gasteiger partial charge < -0.3 is 9.31 Å². The number of rotatable bonds is 2. The molecule has 3 rings (SSSR count). The van der Waals surface area contributed by atoms with Crippen molar-refractivity contribution >= 4 is 12.6 Å². The summed E-state index contributed by atoms with van der Waals surface area (Å²) in [7, 11) is -0.365. The highest BCUT2D eigenvalue weighted by molar-refractivity contribution is 6.61. The lowest BCUT2D eigenvalue weighted by Gasteiger charge is -2.32. The molecule has 0 radical (unpaired) electrons. The molecular weight excluding hydrogens is 263 g/mol. The van der Waals surface area contributed by atoms with Crippen LogP contribution < -0.4 is 5.46 Å². The zero-order valence-corrected chi connectivity index (χ0v) is 13.6. The minimum atomic E-state index is -0.365. The summed E-state index contributed by atoms with van der Waals surface area (Å²) in [5.41, 5.74) is 0.271. The molecular formula is C16H25BN2O2. The molecule has 1 aliphatic carbocycles. The molecule has 114 valence electrons. The van der Waals surface area contributed by atoms with E-state index in [1.165, 1.54) is 32.1 Å². The molecule has 21 heavy (non-hydrogen) atoms. The largest absolute Gasteiger partial charge is 0.498 e. The van der Waals surface area contributed by atoms with Gasteiger partial charge in [0.2, 0.25) is 0 Å². The standard InChI is InChI=1S/C16H25BN2O2/c1-15(2)16(3,4)21-17(20-15)13-10-18-14(19-11-13)12-8-6-5-7-9-12/h10-12H,5-9H2,1-4H3. The van der Waals surface area contributed by atoms with Crippen LogP contribution in [0.4, 0.5) is 0 Å². The van der Waals surface area contributed by atoms with Crippen molar-refractivity contribution in [3.63, 3.8) is 0 Å². The second-order valence-electron chi connectivity index (χ2n) is 7.30. The molecule has 0 bridgehead atoms. The van der Waals surface area contributed by atoms with Crippen LogP contribution in [-0.4, -0.2) is 28.3 Å². The third-order valence-electron chi connectivity index (χ3n) is 5.19. The lowest BCUT2D eigenvalue weighted by atomic mass is 9.81. The van der Waals surface area contributed by atoms with Crippen LogP contribution >= 0.6 is 0 Å². The number of nitrogens with zero attached hydrogens (tertiary/aromatic N) is 2. The summed E-state index contributed by atoms with van der Waals surface area (Å²) < 4.78 is 12.1. The van der Waals surface area contributed by atoms with Crippen molar-refractivity contribution in [2.75, 3.05) is 0 Å². The fourth-order valence-electron chi connectivity index (χ4n) is 3.02. The van der Waals surface area contributed by atoms with E-state index >= 15 is 0 Å². The van der Waals surface area contributed by atoms with Crippen LogP contribution in [0.3, 0.4) is 0 Å². The lowest BCUT2D eigenvalue weighted by Crippen LogP contribution is -2.41. The molecule has 0 spiro atoms. The predicted molar refractivity (Wildman–Crippen MR) is 83.6 cm³/mol. The fraction of sp³-hybridized carbons (Fsp3) is 0.750. The molecule has 1 aliphatic heterocycles. The molecule has 0 aromatic carbocycles. The Balaban J connectivity index is 1.73. The quantitative estimate of drug-likeness (QED) is 0.785. The van der Waals surface area contributed by atoms with E-state index in [-0.39, 0.29) is 18.3 Å². The molecule has 5 heteroatoms. The maximum Gasteiger partial charge on any atom is 0.498 e. The monoisotopic (exact) mass is 288 g/mol. The van der Waals surface area contributed by atoms with E-state index in [9.17, 15) is 0 Å². The first-order chi connectivity index (χ1) is 9.89. The smallest absolute Gasteiger partial charge is 0.399 e. The highest BCUT2D eigenvalue weighted by atomic mass is 16.7. The molecule has 2 aliphatic rings. The topological polar surface area (TPSA) is 44.2 Å². The Kier molecular flexibility index (Phi) is 3.82. The molecule has 4 nitrogen and oxygen atoms in total. The summed E-state index contributed by atoms with van der Waals surface area (Å²) >= 11 is 0. The second kappa shape index (κ2) is 5.36. The minimum Gasteiger partial charge on any atom is -0.399 e. The van der Waals surface area contributed by atoms with Crippen LogP contribution in [0, 0.1) is 0 Å². The highest BCUT2D eigenvalue weighted by Gasteiger charge is 2.51. The van der Waals surface area contributed by atoms with Gasteiger partial charge in [-0.25, -0.2) is 9.97 Å². The average molecular weight is 288 g/mol. The Morgan fingerprint density at radius 1 is 0.952 bits per heavy atom. The highest BCUT2D eigenvalue weighted by Crippen LogP contribution is 2.36. The van der Waals surface area contributed by atoms with Gasteiger partial charge in [0.1, 0.15) is 5.82 Å². The Hall–Kier alpha value is -0.935. The van der Waals surface area contributed by atoms with Crippen LogP contribution in [0.5, 0.6) is 0 Å². The van der Waals surface area contributed by atoms with Crippen molar-refractivity contribution in [3.8, 4) is 0 Å². The van der Waals surface area contributed by atoms with E-state index in [1.807, 2.05) is 12.4 Å². The van der Waals surface area contributed by atoms with Gasteiger partial charge in [0.25, 0.3) is 0 Å². The van der Waals surface area contributed by atoms with Gasteiger partial charge in [-0.15, -0.1) is 0 Å². The number of hydrogen-bond donors (Lipinski definition) is 0. The normalized spacial score (nSPS) is 25.2. The van der Waals surface area contributed by atoms with E-state index in [0.29, 0.717) is 5.92 Å². The van der Waals surface area contributed by atoms with Gasteiger partial charge in [0.05, 0.1) is 11.2 Å². The predicted octanol–water partition coefficient (Wildman–Crippen LogP) is 2.82. The molecule has 0 atom stereocenters. The molecule has 0 amide bonds. The van der Waals surface area contributed by atoms with E-state index in [0.717, 1.165) is 11.3 Å².